The van der Waals surface area contributed by atoms with Crippen LogP contribution in [0.2, 0.25) is 0 Å². The maximum atomic E-state index is 13.2. The molecule has 0 spiro atoms. The number of hydrogen-bond donors (Lipinski definition) is 2. The van der Waals surface area contributed by atoms with E-state index in [0.717, 1.165) is 30.6 Å². The summed E-state index contributed by atoms with van der Waals surface area (Å²) in [5, 5.41) is 11.3. The third kappa shape index (κ3) is 3.85. The van der Waals surface area contributed by atoms with Gasteiger partial charge in [0.25, 0.3) is 5.91 Å². The van der Waals surface area contributed by atoms with Crippen LogP contribution < -0.4 is 15.6 Å². The first kappa shape index (κ1) is 18.7. The highest BCUT2D eigenvalue weighted by Gasteiger charge is 2.36. The number of amides is 3. The van der Waals surface area contributed by atoms with E-state index in [9.17, 15) is 9.59 Å². The van der Waals surface area contributed by atoms with Crippen LogP contribution in [0.1, 0.15) is 18.4 Å². The number of urea groups is 1. The smallest absolute Gasteiger partial charge is 0.324 e. The van der Waals surface area contributed by atoms with Gasteiger partial charge in [-0.05, 0) is 44.0 Å². The van der Waals surface area contributed by atoms with Gasteiger partial charge >= 0.3 is 6.03 Å². The van der Waals surface area contributed by atoms with E-state index in [1.165, 1.54) is 5.01 Å². The molecule has 2 aliphatic rings. The van der Waals surface area contributed by atoms with Crippen molar-refractivity contribution in [3.05, 3.63) is 71.4 Å². The number of carbonyl (C=O) groups excluding carboxylic acids is 2. The summed E-state index contributed by atoms with van der Waals surface area (Å²) in [5.74, 6) is 0.0396. The fourth-order valence-electron chi connectivity index (χ4n) is 3.53. The van der Waals surface area contributed by atoms with Crippen LogP contribution in [0.3, 0.4) is 0 Å². The molecule has 148 valence electrons. The maximum absolute atomic E-state index is 13.2. The number of anilines is 2. The summed E-state index contributed by atoms with van der Waals surface area (Å²) in [4.78, 5) is 27.8. The Kier molecular flexibility index (Phi) is 5.03. The van der Waals surface area contributed by atoms with Crippen molar-refractivity contribution in [2.24, 2.45) is 5.10 Å². The number of carbonyl (C=O) groups is 2. The van der Waals surface area contributed by atoms with Crippen LogP contribution in [-0.4, -0.2) is 36.3 Å². The molecule has 1 saturated heterocycles. The summed E-state index contributed by atoms with van der Waals surface area (Å²) in [6.45, 7) is 2.86. The minimum Gasteiger partial charge on any atom is -0.377 e. The Bertz CT molecular complexity index is 996. The van der Waals surface area contributed by atoms with Crippen molar-refractivity contribution in [2.45, 2.75) is 19.8 Å². The van der Waals surface area contributed by atoms with Crippen LogP contribution in [0, 0.1) is 6.92 Å². The summed E-state index contributed by atoms with van der Waals surface area (Å²) < 4.78 is 0. The van der Waals surface area contributed by atoms with Crippen LogP contribution >= 0.6 is 0 Å². The number of nitrogens with one attached hydrogen (secondary N) is 2. The average Bonchev–Trinajstić information content (AvgIpc) is 3.27. The minimum atomic E-state index is -0.436. The van der Waals surface area contributed by atoms with Crippen molar-refractivity contribution in [3.63, 3.8) is 0 Å². The molecule has 2 aliphatic heterocycles. The van der Waals surface area contributed by atoms with Crippen LogP contribution in [0.4, 0.5) is 16.2 Å². The molecule has 7 nitrogen and oxygen atoms in total. The molecule has 2 N–H and O–H groups in total. The monoisotopic (exact) mass is 389 g/mol. The molecule has 0 saturated carbocycles. The summed E-state index contributed by atoms with van der Waals surface area (Å²) in [5.41, 5.74) is 3.80. The largest absolute Gasteiger partial charge is 0.377 e. The molecule has 2 heterocycles. The predicted molar refractivity (Wildman–Crippen MR) is 114 cm³/mol. The lowest BCUT2D eigenvalue weighted by Gasteiger charge is -2.17. The number of para-hydroxylation sites is 1. The fourth-order valence-corrected chi connectivity index (χ4v) is 3.53. The first-order valence-corrected chi connectivity index (χ1v) is 9.60. The minimum absolute atomic E-state index is 0.231. The Hall–Kier alpha value is -3.61. The van der Waals surface area contributed by atoms with Gasteiger partial charge < -0.3 is 10.2 Å². The van der Waals surface area contributed by atoms with E-state index in [1.807, 2.05) is 68.6 Å². The molecular formula is C22H23N5O2. The zero-order valence-corrected chi connectivity index (χ0v) is 16.5. The molecule has 2 aromatic carbocycles. The van der Waals surface area contributed by atoms with Gasteiger partial charge in [0.15, 0.2) is 5.84 Å². The van der Waals surface area contributed by atoms with Gasteiger partial charge in [-0.2, -0.15) is 5.01 Å². The van der Waals surface area contributed by atoms with Crippen LogP contribution in [0.15, 0.2) is 71.0 Å². The Balaban J connectivity index is 1.63. The number of rotatable bonds is 2. The van der Waals surface area contributed by atoms with Gasteiger partial charge in [-0.25, -0.2) is 4.79 Å². The quantitative estimate of drug-likeness (QED) is 0.773. The number of allylic oxidation sites excluding steroid dienone is 1. The molecule has 0 bridgehead atoms. The summed E-state index contributed by atoms with van der Waals surface area (Å²) in [6.07, 6.45) is 1.75. The zero-order chi connectivity index (χ0) is 20.4. The van der Waals surface area contributed by atoms with Crippen molar-refractivity contribution in [1.29, 1.82) is 0 Å². The molecule has 0 aromatic heterocycles. The Morgan fingerprint density at radius 1 is 1.03 bits per heavy atom. The van der Waals surface area contributed by atoms with Crippen molar-refractivity contribution >= 4 is 29.1 Å². The summed E-state index contributed by atoms with van der Waals surface area (Å²) >= 11 is 0. The molecule has 7 heteroatoms. The number of aryl methyl sites for hydroxylation is 1. The second-order valence-corrected chi connectivity index (χ2v) is 7.19. The van der Waals surface area contributed by atoms with Crippen LogP contribution in [-0.2, 0) is 4.79 Å². The number of likely N-dealkylation sites (tertiary alicyclic amines) is 1. The average molecular weight is 389 g/mol. The van der Waals surface area contributed by atoms with Crippen LogP contribution in [0.25, 0.3) is 0 Å². The van der Waals surface area contributed by atoms with Gasteiger partial charge in [-0.1, -0.05) is 35.9 Å². The van der Waals surface area contributed by atoms with Gasteiger partial charge in [0.1, 0.15) is 5.57 Å². The maximum Gasteiger partial charge on any atom is 0.324 e. The lowest BCUT2D eigenvalue weighted by atomic mass is 10.1. The van der Waals surface area contributed by atoms with E-state index in [0.29, 0.717) is 16.9 Å². The summed E-state index contributed by atoms with van der Waals surface area (Å²) in [7, 11) is 1.96. The lowest BCUT2D eigenvalue weighted by Crippen LogP contribution is -2.36. The predicted octanol–water partition coefficient (Wildman–Crippen LogP) is 3.46. The van der Waals surface area contributed by atoms with Crippen molar-refractivity contribution < 1.29 is 9.59 Å². The fraction of sp³-hybridized carbons (Fsp3) is 0.227. The first-order valence-electron chi connectivity index (χ1n) is 9.60. The highest BCUT2D eigenvalue weighted by Crippen LogP contribution is 2.30. The Morgan fingerprint density at radius 3 is 2.41 bits per heavy atom. The second-order valence-electron chi connectivity index (χ2n) is 7.19. The van der Waals surface area contributed by atoms with Crippen molar-refractivity contribution in [3.8, 4) is 0 Å². The Morgan fingerprint density at radius 2 is 1.76 bits per heavy atom. The number of benzene rings is 2. The number of hydrogen-bond acceptors (Lipinski definition) is 4. The normalized spacial score (nSPS) is 18.8. The van der Waals surface area contributed by atoms with Gasteiger partial charge in [-0.15, -0.1) is 5.10 Å². The van der Waals surface area contributed by atoms with Crippen molar-refractivity contribution in [2.75, 3.05) is 23.9 Å². The third-order valence-corrected chi connectivity index (χ3v) is 5.04. The standard InChI is InChI=1S/C22H23N5O2/c1-15-10-12-16(13-11-15)23-22(29)24-20-19(18-9-6-14-26(18)2)21(28)27(25-20)17-7-4-3-5-8-17/h3-5,7-8,10-13H,6,9,14H2,1-2H3,(H2,23,24,25,29)/b19-18-. The molecule has 0 radical (unpaired) electrons. The Labute approximate surface area is 169 Å². The number of amidine groups is 1. The lowest BCUT2D eigenvalue weighted by molar-refractivity contribution is -0.114. The number of nitrogens with zero attached hydrogens (tertiary/aromatic N) is 3. The van der Waals surface area contributed by atoms with E-state index in [4.69, 9.17) is 0 Å². The van der Waals surface area contributed by atoms with E-state index in [-0.39, 0.29) is 11.7 Å². The van der Waals surface area contributed by atoms with E-state index >= 15 is 0 Å². The van der Waals surface area contributed by atoms with Gasteiger partial charge in [-0.3, -0.25) is 10.1 Å². The molecule has 0 atom stereocenters. The van der Waals surface area contributed by atoms with Crippen LogP contribution in [0.5, 0.6) is 0 Å². The molecule has 0 unspecified atom stereocenters. The summed E-state index contributed by atoms with van der Waals surface area (Å²) in [6, 6.07) is 16.3. The van der Waals surface area contributed by atoms with E-state index < -0.39 is 6.03 Å². The van der Waals surface area contributed by atoms with Gasteiger partial charge in [0.2, 0.25) is 0 Å². The number of hydrazone groups is 1. The molecule has 4 rings (SSSR count). The topological polar surface area (TPSA) is 77.0 Å². The highest BCUT2D eigenvalue weighted by molar-refractivity contribution is 6.32. The SMILES string of the molecule is Cc1ccc(NC(=O)NC2=NN(c3ccccc3)C(=O)/C2=C2/CCCN2C)cc1. The van der Waals surface area contributed by atoms with E-state index in [1.54, 1.807) is 0 Å². The second kappa shape index (κ2) is 7.79. The van der Waals surface area contributed by atoms with Crippen molar-refractivity contribution in [1.82, 2.24) is 10.2 Å². The highest BCUT2D eigenvalue weighted by atomic mass is 16.2. The molecule has 2 aromatic rings. The van der Waals surface area contributed by atoms with Gasteiger partial charge in [0.05, 0.1) is 5.69 Å². The first-order chi connectivity index (χ1) is 14.0. The molecular weight excluding hydrogens is 366 g/mol. The molecule has 29 heavy (non-hydrogen) atoms. The molecule has 0 aliphatic carbocycles. The zero-order valence-electron chi connectivity index (χ0n) is 16.5. The third-order valence-electron chi connectivity index (χ3n) is 5.04. The molecule has 3 amide bonds. The van der Waals surface area contributed by atoms with E-state index in [2.05, 4.69) is 20.6 Å². The molecule has 1 fully saturated rings. The van der Waals surface area contributed by atoms with Gasteiger partial charge in [0, 0.05) is 25.0 Å².